The summed E-state index contributed by atoms with van der Waals surface area (Å²) in [5.41, 5.74) is 2.48. The predicted octanol–water partition coefficient (Wildman–Crippen LogP) is 2.55. The van der Waals surface area contributed by atoms with E-state index in [4.69, 9.17) is 0 Å². The van der Waals surface area contributed by atoms with Crippen molar-refractivity contribution in [1.82, 2.24) is 15.5 Å². The molecule has 0 saturated carbocycles. The maximum atomic E-state index is 12.2. The van der Waals surface area contributed by atoms with Crippen LogP contribution in [0.25, 0.3) is 0 Å². The Hall–Kier alpha value is -1.60. The smallest absolute Gasteiger partial charge is 0.191 e. The first-order chi connectivity index (χ1) is 13.2. The third-order valence-corrected chi connectivity index (χ3v) is 7.60. The Kier molecular flexibility index (Phi) is 8.31. The van der Waals surface area contributed by atoms with Gasteiger partial charge in [-0.3, -0.25) is 4.90 Å². The highest BCUT2D eigenvalue weighted by atomic mass is 32.2. The van der Waals surface area contributed by atoms with E-state index in [1.54, 1.807) is 20.8 Å². The molecule has 0 unspecified atom stereocenters. The quantitative estimate of drug-likeness (QED) is 0.511. The molecule has 0 radical (unpaired) electrons. The SMILES string of the molecule is CCNC(=NCc1ccc(CN2CCCC2)cc1)NCCS(=O)(=O)C(C)(C)C. The van der Waals surface area contributed by atoms with Crippen molar-refractivity contribution in [2.24, 2.45) is 4.99 Å². The van der Waals surface area contributed by atoms with Gasteiger partial charge in [0.1, 0.15) is 0 Å². The van der Waals surface area contributed by atoms with Crippen LogP contribution in [-0.4, -0.2) is 56.0 Å². The molecule has 1 aromatic carbocycles. The van der Waals surface area contributed by atoms with Gasteiger partial charge in [-0.2, -0.15) is 0 Å². The number of hydrogen-bond acceptors (Lipinski definition) is 4. The first-order valence-corrected chi connectivity index (χ1v) is 11.9. The fourth-order valence-corrected chi connectivity index (χ4v) is 4.05. The van der Waals surface area contributed by atoms with Crippen molar-refractivity contribution >= 4 is 15.8 Å². The Balaban J connectivity index is 1.87. The first kappa shape index (κ1) is 22.7. The van der Waals surface area contributed by atoms with Crippen LogP contribution >= 0.6 is 0 Å². The summed E-state index contributed by atoms with van der Waals surface area (Å²) in [6.07, 6.45) is 2.62. The molecule has 0 spiro atoms. The highest BCUT2D eigenvalue weighted by molar-refractivity contribution is 7.92. The molecule has 1 fully saturated rings. The van der Waals surface area contributed by atoms with Gasteiger partial charge in [-0.05, 0) is 64.8 Å². The number of aliphatic imine (C=N–C) groups is 1. The van der Waals surface area contributed by atoms with Crippen molar-refractivity contribution in [3.05, 3.63) is 35.4 Å². The number of benzene rings is 1. The molecule has 2 N–H and O–H groups in total. The van der Waals surface area contributed by atoms with E-state index in [-0.39, 0.29) is 5.75 Å². The van der Waals surface area contributed by atoms with Crippen molar-refractivity contribution in [1.29, 1.82) is 0 Å². The zero-order valence-corrected chi connectivity index (χ0v) is 18.6. The van der Waals surface area contributed by atoms with Gasteiger partial charge in [0.2, 0.25) is 0 Å². The lowest BCUT2D eigenvalue weighted by atomic mass is 10.1. The molecule has 0 bridgehead atoms. The topological polar surface area (TPSA) is 73.8 Å². The summed E-state index contributed by atoms with van der Waals surface area (Å²) < 4.78 is 23.7. The van der Waals surface area contributed by atoms with Gasteiger partial charge in [0.05, 0.1) is 17.0 Å². The maximum Gasteiger partial charge on any atom is 0.191 e. The van der Waals surface area contributed by atoms with Gasteiger partial charge in [-0.1, -0.05) is 24.3 Å². The van der Waals surface area contributed by atoms with E-state index in [9.17, 15) is 8.42 Å². The van der Waals surface area contributed by atoms with E-state index >= 15 is 0 Å². The molecule has 28 heavy (non-hydrogen) atoms. The van der Waals surface area contributed by atoms with Crippen molar-refractivity contribution < 1.29 is 8.42 Å². The summed E-state index contributed by atoms with van der Waals surface area (Å²) in [6.45, 7) is 12.3. The molecule has 6 nitrogen and oxygen atoms in total. The lowest BCUT2D eigenvalue weighted by Gasteiger charge is -2.19. The molecule has 2 rings (SSSR count). The summed E-state index contributed by atoms with van der Waals surface area (Å²) in [4.78, 5) is 7.08. The van der Waals surface area contributed by atoms with Gasteiger partial charge in [0.25, 0.3) is 0 Å². The molecule has 1 heterocycles. The summed E-state index contributed by atoms with van der Waals surface area (Å²) >= 11 is 0. The first-order valence-electron chi connectivity index (χ1n) is 10.3. The standard InChI is InChI=1S/C21H36N4O2S/c1-5-22-20(23-12-15-28(26,27)21(2,3)4)24-16-18-8-10-19(11-9-18)17-25-13-6-7-14-25/h8-11H,5-7,12-17H2,1-4H3,(H2,22,23,24). The van der Waals surface area contributed by atoms with Crippen molar-refractivity contribution in [3.63, 3.8) is 0 Å². The Bertz CT molecular complexity index is 731. The molecular weight excluding hydrogens is 372 g/mol. The van der Waals surface area contributed by atoms with E-state index in [1.165, 1.54) is 31.5 Å². The Morgan fingerprint density at radius 1 is 1.07 bits per heavy atom. The van der Waals surface area contributed by atoms with Crippen LogP contribution < -0.4 is 10.6 Å². The minimum Gasteiger partial charge on any atom is -0.357 e. The number of rotatable bonds is 8. The van der Waals surface area contributed by atoms with Crippen LogP contribution in [0, 0.1) is 0 Å². The Morgan fingerprint density at radius 2 is 1.68 bits per heavy atom. The fraction of sp³-hybridized carbons (Fsp3) is 0.667. The maximum absolute atomic E-state index is 12.2. The van der Waals surface area contributed by atoms with E-state index in [1.807, 2.05) is 6.92 Å². The van der Waals surface area contributed by atoms with Gasteiger partial charge in [0.15, 0.2) is 15.8 Å². The second-order valence-electron chi connectivity index (χ2n) is 8.35. The van der Waals surface area contributed by atoms with Gasteiger partial charge < -0.3 is 10.6 Å². The number of hydrogen-bond donors (Lipinski definition) is 2. The lowest BCUT2D eigenvalue weighted by Crippen LogP contribution is -2.41. The van der Waals surface area contributed by atoms with Crippen LogP contribution in [0.3, 0.4) is 0 Å². The minimum absolute atomic E-state index is 0.0894. The van der Waals surface area contributed by atoms with Crippen LogP contribution in [0.5, 0.6) is 0 Å². The van der Waals surface area contributed by atoms with Gasteiger partial charge in [0, 0.05) is 19.6 Å². The van der Waals surface area contributed by atoms with Crippen molar-refractivity contribution in [2.45, 2.75) is 58.4 Å². The normalized spacial score (nSPS) is 16.4. The number of likely N-dealkylation sites (tertiary alicyclic amines) is 1. The largest absolute Gasteiger partial charge is 0.357 e. The lowest BCUT2D eigenvalue weighted by molar-refractivity contribution is 0.331. The Morgan fingerprint density at radius 3 is 2.25 bits per heavy atom. The molecule has 1 aliphatic rings. The predicted molar refractivity (Wildman–Crippen MR) is 117 cm³/mol. The van der Waals surface area contributed by atoms with Crippen LogP contribution in [0.1, 0.15) is 51.7 Å². The highest BCUT2D eigenvalue weighted by Crippen LogP contribution is 2.15. The summed E-state index contributed by atoms with van der Waals surface area (Å²) in [5.74, 6) is 0.735. The Labute approximate surface area is 170 Å². The van der Waals surface area contributed by atoms with Gasteiger partial charge in [-0.25, -0.2) is 13.4 Å². The van der Waals surface area contributed by atoms with Gasteiger partial charge >= 0.3 is 0 Å². The number of sulfone groups is 1. The van der Waals surface area contributed by atoms with Crippen LogP contribution in [0.2, 0.25) is 0 Å². The molecule has 158 valence electrons. The summed E-state index contributed by atoms with van der Waals surface area (Å²) in [6, 6.07) is 8.62. The summed E-state index contributed by atoms with van der Waals surface area (Å²) in [7, 11) is -3.14. The van der Waals surface area contributed by atoms with E-state index in [0.717, 1.165) is 18.7 Å². The van der Waals surface area contributed by atoms with Crippen molar-refractivity contribution in [2.75, 3.05) is 31.9 Å². The number of guanidine groups is 1. The van der Waals surface area contributed by atoms with Gasteiger partial charge in [-0.15, -0.1) is 0 Å². The fourth-order valence-electron chi connectivity index (χ4n) is 3.07. The summed E-state index contributed by atoms with van der Waals surface area (Å²) in [5, 5.41) is 6.31. The third-order valence-electron chi connectivity index (χ3n) is 4.99. The zero-order valence-electron chi connectivity index (χ0n) is 17.8. The molecule has 0 atom stereocenters. The second kappa shape index (κ2) is 10.3. The van der Waals surface area contributed by atoms with Crippen molar-refractivity contribution in [3.8, 4) is 0 Å². The molecule has 1 aromatic rings. The monoisotopic (exact) mass is 408 g/mol. The molecule has 0 aromatic heterocycles. The number of nitrogens with one attached hydrogen (secondary N) is 2. The van der Waals surface area contributed by atoms with Crippen LogP contribution in [-0.2, 0) is 22.9 Å². The molecule has 1 saturated heterocycles. The molecule has 7 heteroatoms. The zero-order chi connectivity index (χ0) is 20.6. The van der Waals surface area contributed by atoms with Crippen LogP contribution in [0.15, 0.2) is 29.3 Å². The highest BCUT2D eigenvalue weighted by Gasteiger charge is 2.28. The third kappa shape index (κ3) is 7.09. The molecular formula is C21H36N4O2S. The minimum atomic E-state index is -3.14. The molecule has 0 aliphatic carbocycles. The molecule has 1 aliphatic heterocycles. The molecule has 0 amide bonds. The average Bonchev–Trinajstić information content (AvgIpc) is 3.13. The van der Waals surface area contributed by atoms with E-state index in [2.05, 4.69) is 44.8 Å². The number of nitrogens with zero attached hydrogens (tertiary/aromatic N) is 2. The van der Waals surface area contributed by atoms with E-state index in [0.29, 0.717) is 19.0 Å². The van der Waals surface area contributed by atoms with Crippen LogP contribution in [0.4, 0.5) is 0 Å². The second-order valence-corrected chi connectivity index (χ2v) is 11.2. The van der Waals surface area contributed by atoms with E-state index < -0.39 is 14.6 Å². The average molecular weight is 409 g/mol.